The number of hydrogen-bond donors (Lipinski definition) is 1. The Morgan fingerprint density at radius 1 is 1.21 bits per heavy atom. The van der Waals surface area contributed by atoms with Crippen LogP contribution in [0.5, 0.6) is 0 Å². The van der Waals surface area contributed by atoms with Crippen molar-refractivity contribution in [3.8, 4) is 0 Å². The number of halogens is 1. The maximum Gasteiger partial charge on any atom is 0.230 e. The van der Waals surface area contributed by atoms with Crippen molar-refractivity contribution in [3.05, 3.63) is 40.4 Å². The number of hydrogen-bond acceptors (Lipinski definition) is 1. The van der Waals surface area contributed by atoms with Crippen LogP contribution in [0.4, 0.5) is 5.69 Å². The molecule has 0 bridgehead atoms. The van der Waals surface area contributed by atoms with Gasteiger partial charge in [0.15, 0.2) is 0 Å². The van der Waals surface area contributed by atoms with Gasteiger partial charge in [-0.3, -0.25) is 4.79 Å². The van der Waals surface area contributed by atoms with E-state index in [0.29, 0.717) is 11.8 Å². The predicted octanol–water partition coefficient (Wildman–Crippen LogP) is 7.60. The average molecular weight is 458 g/mol. The number of nitrogens with one attached hydrogen (secondary N) is 1. The summed E-state index contributed by atoms with van der Waals surface area (Å²) in [7, 11) is 0. The number of benzene rings is 1. The molecule has 3 aliphatic rings. The van der Waals surface area contributed by atoms with Gasteiger partial charge in [-0.2, -0.15) is 0 Å². The molecule has 29 heavy (non-hydrogen) atoms. The Morgan fingerprint density at radius 3 is 2.72 bits per heavy atom. The van der Waals surface area contributed by atoms with E-state index in [1.54, 1.807) is 5.57 Å². The quantitative estimate of drug-likeness (QED) is 0.464. The highest BCUT2D eigenvalue weighted by Gasteiger charge is 2.57. The Morgan fingerprint density at radius 2 is 2.00 bits per heavy atom. The molecular formula is C26H36BrNO. The lowest BCUT2D eigenvalue weighted by molar-refractivity contribution is -0.139. The lowest BCUT2D eigenvalue weighted by Gasteiger charge is -2.58. The summed E-state index contributed by atoms with van der Waals surface area (Å²) in [5.41, 5.74) is 2.56. The van der Waals surface area contributed by atoms with Crippen LogP contribution in [0.3, 0.4) is 0 Å². The van der Waals surface area contributed by atoms with Crippen molar-refractivity contribution in [2.24, 2.45) is 34.5 Å². The first-order valence-corrected chi connectivity index (χ1v) is 12.3. The molecule has 1 amide bonds. The van der Waals surface area contributed by atoms with Crippen LogP contribution in [-0.4, -0.2) is 5.91 Å². The molecule has 4 rings (SSSR count). The molecule has 2 nitrogen and oxygen atoms in total. The zero-order chi connectivity index (χ0) is 20.8. The molecule has 2 unspecified atom stereocenters. The van der Waals surface area contributed by atoms with Crippen LogP contribution in [-0.2, 0) is 4.79 Å². The molecule has 0 heterocycles. The van der Waals surface area contributed by atoms with E-state index in [1.807, 2.05) is 24.3 Å². The van der Waals surface area contributed by atoms with Crippen LogP contribution >= 0.6 is 15.9 Å². The van der Waals surface area contributed by atoms with Crippen LogP contribution in [0, 0.1) is 34.5 Å². The fourth-order valence-corrected chi connectivity index (χ4v) is 7.30. The molecule has 0 aromatic heterocycles. The molecule has 0 radical (unpaired) electrons. The first-order chi connectivity index (χ1) is 13.7. The van der Waals surface area contributed by atoms with Crippen LogP contribution in [0.25, 0.3) is 0 Å². The third kappa shape index (κ3) is 3.73. The van der Waals surface area contributed by atoms with Gasteiger partial charge < -0.3 is 5.32 Å². The molecule has 1 aromatic carbocycles. The van der Waals surface area contributed by atoms with E-state index in [4.69, 9.17) is 0 Å². The summed E-state index contributed by atoms with van der Waals surface area (Å²) in [4.78, 5) is 13.6. The molecule has 3 aliphatic carbocycles. The summed E-state index contributed by atoms with van der Waals surface area (Å²) in [6.45, 7) is 9.50. The highest BCUT2D eigenvalue weighted by atomic mass is 79.9. The van der Waals surface area contributed by atoms with Gasteiger partial charge in [0, 0.05) is 10.2 Å². The number of carbonyl (C=O) groups excluding carboxylic acids is 1. The molecular weight excluding hydrogens is 422 g/mol. The van der Waals surface area contributed by atoms with Gasteiger partial charge in [0.1, 0.15) is 0 Å². The zero-order valence-corrected chi connectivity index (χ0v) is 20.0. The first-order valence-electron chi connectivity index (χ1n) is 11.5. The van der Waals surface area contributed by atoms with E-state index in [0.717, 1.165) is 41.3 Å². The lowest BCUT2D eigenvalue weighted by atomic mass is 9.46. The molecule has 2 fully saturated rings. The highest BCUT2D eigenvalue weighted by molar-refractivity contribution is 9.10. The topological polar surface area (TPSA) is 29.1 Å². The van der Waals surface area contributed by atoms with Gasteiger partial charge in [0.05, 0.1) is 5.41 Å². The van der Waals surface area contributed by atoms with E-state index < -0.39 is 0 Å². The molecule has 0 saturated heterocycles. The van der Waals surface area contributed by atoms with Gasteiger partial charge in [-0.05, 0) is 85.8 Å². The average Bonchev–Trinajstić information content (AvgIpc) is 2.67. The Balaban J connectivity index is 1.60. The smallest absolute Gasteiger partial charge is 0.230 e. The zero-order valence-electron chi connectivity index (χ0n) is 18.4. The minimum absolute atomic E-state index is 0.208. The van der Waals surface area contributed by atoms with E-state index in [-0.39, 0.29) is 16.7 Å². The summed E-state index contributed by atoms with van der Waals surface area (Å²) in [6.07, 6.45) is 11.0. The van der Waals surface area contributed by atoms with Crippen molar-refractivity contribution in [2.75, 3.05) is 5.32 Å². The maximum atomic E-state index is 13.6. The molecule has 158 valence electrons. The largest absolute Gasteiger partial charge is 0.326 e. The minimum Gasteiger partial charge on any atom is -0.326 e. The second kappa shape index (κ2) is 7.87. The fraction of sp³-hybridized carbons (Fsp3) is 0.654. The van der Waals surface area contributed by atoms with Crippen molar-refractivity contribution < 1.29 is 4.79 Å². The monoisotopic (exact) mass is 457 g/mol. The second-order valence-electron chi connectivity index (χ2n) is 10.6. The Kier molecular flexibility index (Phi) is 5.74. The third-order valence-corrected chi connectivity index (χ3v) is 9.20. The molecule has 3 heteroatoms. The second-order valence-corrected chi connectivity index (χ2v) is 11.6. The third-order valence-electron chi connectivity index (χ3n) is 8.70. The summed E-state index contributed by atoms with van der Waals surface area (Å²) >= 11 is 3.52. The SMILES string of the molecule is CC(C)C1CC[C@H]2C(=CCC3[C@](C)(C(=O)Nc4cccc(Br)c4)CCC[C@@]32C)C1. The van der Waals surface area contributed by atoms with Crippen molar-refractivity contribution in [1.29, 1.82) is 0 Å². The number of rotatable bonds is 3. The van der Waals surface area contributed by atoms with Gasteiger partial charge in [0.25, 0.3) is 0 Å². The number of fused-ring (bicyclic) bond motifs is 3. The van der Waals surface area contributed by atoms with E-state index in [9.17, 15) is 4.79 Å². The number of carbonyl (C=O) groups is 1. The van der Waals surface area contributed by atoms with Crippen molar-refractivity contribution in [2.45, 2.75) is 72.6 Å². The molecule has 1 aromatic rings. The van der Waals surface area contributed by atoms with Gasteiger partial charge in [-0.25, -0.2) is 0 Å². The normalized spacial score (nSPS) is 36.8. The summed E-state index contributed by atoms with van der Waals surface area (Å²) in [5.74, 6) is 2.93. The molecule has 0 spiro atoms. The lowest BCUT2D eigenvalue weighted by Crippen LogP contribution is -2.54. The number of allylic oxidation sites excluding steroid dienone is 2. The highest BCUT2D eigenvalue weighted by Crippen LogP contribution is 2.63. The number of anilines is 1. The Labute approximate surface area is 185 Å². The maximum absolute atomic E-state index is 13.6. The van der Waals surface area contributed by atoms with Gasteiger partial charge >= 0.3 is 0 Å². The fourth-order valence-electron chi connectivity index (χ4n) is 6.90. The van der Waals surface area contributed by atoms with Crippen molar-refractivity contribution in [3.63, 3.8) is 0 Å². The van der Waals surface area contributed by atoms with Crippen LogP contribution < -0.4 is 5.32 Å². The molecule has 2 saturated carbocycles. The molecule has 0 aliphatic heterocycles. The standard InChI is InChI=1S/C26H36BrNO/c1-17(2)18-9-11-22-19(15-18)10-12-23-25(22,3)13-6-14-26(23,4)24(29)28-21-8-5-7-20(27)16-21/h5,7-8,10,16-18,22-23H,6,9,11-15H2,1-4H3,(H,28,29)/t18?,22-,23?,25+,26+/m0/s1. The van der Waals surface area contributed by atoms with Crippen molar-refractivity contribution >= 4 is 27.5 Å². The van der Waals surface area contributed by atoms with E-state index in [2.05, 4.69) is 55.0 Å². The first kappa shape index (κ1) is 21.2. The predicted molar refractivity (Wildman–Crippen MR) is 125 cm³/mol. The van der Waals surface area contributed by atoms with Gasteiger partial charge in [-0.15, -0.1) is 0 Å². The van der Waals surface area contributed by atoms with Gasteiger partial charge in [-0.1, -0.05) is 67.8 Å². The number of amides is 1. The Bertz CT molecular complexity index is 815. The summed E-state index contributed by atoms with van der Waals surface area (Å²) in [5, 5.41) is 3.25. The molecule has 5 atom stereocenters. The van der Waals surface area contributed by atoms with Crippen LogP contribution in [0.15, 0.2) is 40.4 Å². The Hall–Kier alpha value is -1.09. The molecule has 1 N–H and O–H groups in total. The van der Waals surface area contributed by atoms with Gasteiger partial charge in [0.2, 0.25) is 5.91 Å². The van der Waals surface area contributed by atoms with Crippen molar-refractivity contribution in [1.82, 2.24) is 0 Å². The van der Waals surface area contributed by atoms with E-state index >= 15 is 0 Å². The minimum atomic E-state index is -0.299. The summed E-state index contributed by atoms with van der Waals surface area (Å²) < 4.78 is 1.00. The van der Waals surface area contributed by atoms with Crippen LogP contribution in [0.1, 0.15) is 72.6 Å². The van der Waals surface area contributed by atoms with E-state index in [1.165, 1.54) is 25.7 Å². The van der Waals surface area contributed by atoms with Crippen LogP contribution in [0.2, 0.25) is 0 Å². The summed E-state index contributed by atoms with van der Waals surface area (Å²) in [6, 6.07) is 7.96.